The van der Waals surface area contributed by atoms with Crippen molar-refractivity contribution in [2.45, 2.75) is 0 Å². The second-order valence-corrected chi connectivity index (χ2v) is 6.96. The first-order chi connectivity index (χ1) is 14.9. The quantitative estimate of drug-likeness (QED) is 0.505. The second-order valence-electron chi connectivity index (χ2n) is 6.11. The molecule has 3 amide bonds. The SMILES string of the molecule is CNC(=O)c1cc(Oc2ccc(C(=O)NNC(=O)c3cc(Cl)ccc3Cl)cc2)ccn1. The van der Waals surface area contributed by atoms with Gasteiger partial charge in [-0.1, -0.05) is 23.2 Å². The van der Waals surface area contributed by atoms with Crippen LogP contribution in [0.25, 0.3) is 0 Å². The summed E-state index contributed by atoms with van der Waals surface area (Å²) in [4.78, 5) is 40.1. The van der Waals surface area contributed by atoms with Crippen molar-refractivity contribution in [3.63, 3.8) is 0 Å². The van der Waals surface area contributed by atoms with Crippen LogP contribution in [0.1, 0.15) is 31.2 Å². The molecule has 1 heterocycles. The third kappa shape index (κ3) is 5.71. The van der Waals surface area contributed by atoms with Crippen molar-refractivity contribution in [1.82, 2.24) is 21.2 Å². The summed E-state index contributed by atoms with van der Waals surface area (Å²) in [7, 11) is 1.51. The van der Waals surface area contributed by atoms with Gasteiger partial charge in [0.25, 0.3) is 17.7 Å². The Labute approximate surface area is 187 Å². The number of hydrazine groups is 1. The zero-order valence-corrected chi connectivity index (χ0v) is 17.6. The standard InChI is InChI=1S/C21H16Cl2N4O4/c1-24-21(30)18-11-15(8-9-25-18)31-14-5-2-12(3-6-14)19(28)26-27-20(29)16-10-13(22)4-7-17(16)23/h2-11H,1H3,(H,24,30)(H,26,28)(H,27,29). The molecule has 3 rings (SSSR count). The van der Waals surface area contributed by atoms with Crippen molar-refractivity contribution in [2.75, 3.05) is 7.05 Å². The van der Waals surface area contributed by atoms with Crippen molar-refractivity contribution >= 4 is 40.9 Å². The molecular weight excluding hydrogens is 443 g/mol. The lowest BCUT2D eigenvalue weighted by Crippen LogP contribution is -2.41. The van der Waals surface area contributed by atoms with E-state index in [9.17, 15) is 14.4 Å². The first kappa shape index (κ1) is 22.1. The lowest BCUT2D eigenvalue weighted by Gasteiger charge is -2.10. The summed E-state index contributed by atoms with van der Waals surface area (Å²) in [6.07, 6.45) is 1.45. The van der Waals surface area contributed by atoms with Crippen molar-refractivity contribution in [1.29, 1.82) is 0 Å². The van der Waals surface area contributed by atoms with E-state index in [4.69, 9.17) is 27.9 Å². The molecule has 0 saturated carbocycles. The van der Waals surface area contributed by atoms with Crippen LogP contribution in [0.5, 0.6) is 11.5 Å². The fraction of sp³-hybridized carbons (Fsp3) is 0.0476. The Morgan fingerprint density at radius 1 is 0.839 bits per heavy atom. The molecule has 8 nitrogen and oxygen atoms in total. The maximum Gasteiger partial charge on any atom is 0.271 e. The van der Waals surface area contributed by atoms with E-state index < -0.39 is 11.8 Å². The van der Waals surface area contributed by atoms with Gasteiger partial charge in [-0.3, -0.25) is 30.2 Å². The summed E-state index contributed by atoms with van der Waals surface area (Å²) in [6, 6.07) is 13.7. The average Bonchev–Trinajstić information content (AvgIpc) is 2.79. The largest absolute Gasteiger partial charge is 0.457 e. The molecule has 31 heavy (non-hydrogen) atoms. The number of halogens is 2. The zero-order valence-electron chi connectivity index (χ0n) is 16.1. The highest BCUT2D eigenvalue weighted by Gasteiger charge is 2.13. The second kappa shape index (κ2) is 9.92. The minimum Gasteiger partial charge on any atom is -0.457 e. The first-order valence-electron chi connectivity index (χ1n) is 8.89. The van der Waals surface area contributed by atoms with Crippen molar-refractivity contribution in [3.05, 3.63) is 87.7 Å². The highest BCUT2D eigenvalue weighted by atomic mass is 35.5. The van der Waals surface area contributed by atoms with Gasteiger partial charge in [-0.15, -0.1) is 0 Å². The molecule has 0 unspecified atom stereocenters. The Kier molecular flexibility index (Phi) is 7.07. The van der Waals surface area contributed by atoms with Crippen LogP contribution in [0.3, 0.4) is 0 Å². The number of amides is 3. The lowest BCUT2D eigenvalue weighted by atomic mass is 10.2. The molecule has 0 aliphatic heterocycles. The Hall–Kier alpha value is -3.62. The van der Waals surface area contributed by atoms with Gasteiger partial charge in [-0.05, 0) is 48.5 Å². The van der Waals surface area contributed by atoms with E-state index in [2.05, 4.69) is 21.2 Å². The lowest BCUT2D eigenvalue weighted by molar-refractivity contribution is 0.0846. The van der Waals surface area contributed by atoms with E-state index in [0.717, 1.165) is 0 Å². The molecule has 0 radical (unpaired) electrons. The summed E-state index contributed by atoms with van der Waals surface area (Å²) in [6.45, 7) is 0. The van der Waals surface area contributed by atoms with Gasteiger partial charge in [0.1, 0.15) is 17.2 Å². The fourth-order valence-corrected chi connectivity index (χ4v) is 2.84. The van der Waals surface area contributed by atoms with Crippen molar-refractivity contribution in [3.8, 4) is 11.5 Å². The Bertz CT molecular complexity index is 1140. The maximum absolute atomic E-state index is 12.3. The Morgan fingerprint density at radius 3 is 2.26 bits per heavy atom. The predicted molar refractivity (Wildman–Crippen MR) is 116 cm³/mol. The van der Waals surface area contributed by atoms with Gasteiger partial charge in [-0.2, -0.15) is 0 Å². The smallest absolute Gasteiger partial charge is 0.271 e. The van der Waals surface area contributed by atoms with Crippen LogP contribution >= 0.6 is 23.2 Å². The van der Waals surface area contributed by atoms with E-state index in [-0.39, 0.29) is 27.8 Å². The highest BCUT2D eigenvalue weighted by Crippen LogP contribution is 2.22. The molecular formula is C21H16Cl2N4O4. The van der Waals surface area contributed by atoms with E-state index in [0.29, 0.717) is 16.5 Å². The van der Waals surface area contributed by atoms with Gasteiger partial charge in [-0.25, -0.2) is 0 Å². The van der Waals surface area contributed by atoms with Crippen LogP contribution in [-0.2, 0) is 0 Å². The minimum atomic E-state index is -0.606. The molecule has 0 saturated heterocycles. The number of pyridine rings is 1. The summed E-state index contributed by atoms with van der Waals surface area (Å²) < 4.78 is 5.68. The number of rotatable bonds is 5. The van der Waals surface area contributed by atoms with Crippen molar-refractivity contribution < 1.29 is 19.1 Å². The normalized spacial score (nSPS) is 10.2. The van der Waals surface area contributed by atoms with E-state index in [1.807, 2.05) is 0 Å². The number of hydrogen-bond acceptors (Lipinski definition) is 5. The number of nitrogens with one attached hydrogen (secondary N) is 3. The van der Waals surface area contributed by atoms with E-state index in [1.54, 1.807) is 24.3 Å². The monoisotopic (exact) mass is 458 g/mol. The summed E-state index contributed by atoms with van der Waals surface area (Å²) in [5.41, 5.74) is 5.22. The molecule has 0 fully saturated rings. The molecule has 0 bridgehead atoms. The molecule has 158 valence electrons. The number of carbonyl (C=O) groups excluding carboxylic acids is 3. The predicted octanol–water partition coefficient (Wildman–Crippen LogP) is 3.62. The molecule has 10 heteroatoms. The number of nitrogens with zero attached hydrogens (tertiary/aromatic N) is 1. The van der Waals surface area contributed by atoms with Crippen LogP contribution in [-0.4, -0.2) is 29.8 Å². The molecule has 1 aromatic heterocycles. The molecule has 0 aliphatic rings. The third-order valence-corrected chi connectivity index (χ3v) is 4.57. The van der Waals surface area contributed by atoms with Crippen LogP contribution in [0.2, 0.25) is 10.0 Å². The van der Waals surface area contributed by atoms with E-state index in [1.165, 1.54) is 43.6 Å². The zero-order chi connectivity index (χ0) is 22.4. The third-order valence-electron chi connectivity index (χ3n) is 4.01. The van der Waals surface area contributed by atoms with Gasteiger partial charge in [0.15, 0.2) is 0 Å². The summed E-state index contributed by atoms with van der Waals surface area (Å²) in [5, 5.41) is 3.03. The maximum atomic E-state index is 12.3. The Morgan fingerprint density at radius 2 is 1.55 bits per heavy atom. The molecule has 3 aromatic rings. The molecule has 3 N–H and O–H groups in total. The number of carbonyl (C=O) groups is 3. The summed E-state index contributed by atoms with van der Waals surface area (Å²) in [5.74, 6) is -0.621. The van der Waals surface area contributed by atoms with Crippen LogP contribution in [0.15, 0.2) is 60.8 Å². The molecule has 0 aliphatic carbocycles. The highest BCUT2D eigenvalue weighted by molar-refractivity contribution is 6.35. The van der Waals surface area contributed by atoms with Crippen molar-refractivity contribution in [2.24, 2.45) is 0 Å². The Balaban J connectivity index is 1.61. The summed E-state index contributed by atoms with van der Waals surface area (Å²) >= 11 is 11.8. The number of hydrogen-bond donors (Lipinski definition) is 3. The number of ether oxygens (including phenoxy) is 1. The van der Waals surface area contributed by atoms with Gasteiger partial charge in [0.05, 0.1) is 10.6 Å². The van der Waals surface area contributed by atoms with Gasteiger partial charge >= 0.3 is 0 Å². The average molecular weight is 459 g/mol. The van der Waals surface area contributed by atoms with Crippen LogP contribution in [0.4, 0.5) is 0 Å². The van der Waals surface area contributed by atoms with Gasteiger partial charge in [0, 0.05) is 29.9 Å². The van der Waals surface area contributed by atoms with E-state index >= 15 is 0 Å². The fourth-order valence-electron chi connectivity index (χ4n) is 2.46. The number of aromatic nitrogens is 1. The number of benzene rings is 2. The molecule has 2 aromatic carbocycles. The van der Waals surface area contributed by atoms with Crippen LogP contribution < -0.4 is 20.9 Å². The van der Waals surface area contributed by atoms with Gasteiger partial charge in [0.2, 0.25) is 0 Å². The van der Waals surface area contributed by atoms with Crippen LogP contribution in [0, 0.1) is 0 Å². The molecule has 0 spiro atoms. The topological polar surface area (TPSA) is 109 Å². The first-order valence-corrected chi connectivity index (χ1v) is 9.65. The van der Waals surface area contributed by atoms with Gasteiger partial charge < -0.3 is 10.1 Å². The minimum absolute atomic E-state index is 0.131. The molecule has 0 atom stereocenters.